The van der Waals surface area contributed by atoms with Crippen LogP contribution < -0.4 is 9.47 Å². The average Bonchev–Trinajstić information content (AvgIpc) is 2.54. The summed E-state index contributed by atoms with van der Waals surface area (Å²) in [5.74, 6) is 1.41. The smallest absolute Gasteiger partial charge is 0.329 e. The number of aromatic nitrogens is 3. The summed E-state index contributed by atoms with van der Waals surface area (Å²) in [7, 11) is 0. The lowest BCUT2D eigenvalue weighted by Gasteiger charge is -2.13. The van der Waals surface area contributed by atoms with E-state index in [2.05, 4.69) is 15.0 Å². The third kappa shape index (κ3) is 4.37. The number of benzene rings is 2. The van der Waals surface area contributed by atoms with Gasteiger partial charge in [-0.2, -0.15) is 9.97 Å². The Morgan fingerprint density at radius 1 is 0.593 bits per heavy atom. The quantitative estimate of drug-likeness (QED) is 0.556. The van der Waals surface area contributed by atoms with Crippen LogP contribution in [0.15, 0.2) is 24.3 Å². The zero-order valence-electron chi connectivity index (χ0n) is 16.3. The molecule has 27 heavy (non-hydrogen) atoms. The first-order valence-corrected chi connectivity index (χ1v) is 9.03. The molecule has 0 N–H and O–H groups in total. The van der Waals surface area contributed by atoms with Gasteiger partial charge in [-0.1, -0.05) is 35.4 Å². The number of hydrogen-bond acceptors (Lipinski definition) is 5. The first-order chi connectivity index (χ1) is 12.7. The number of hydrogen-bond donors (Lipinski definition) is 0. The van der Waals surface area contributed by atoms with Crippen molar-refractivity contribution in [3.05, 3.63) is 62.9 Å². The van der Waals surface area contributed by atoms with Crippen molar-refractivity contribution in [1.29, 1.82) is 0 Å². The molecule has 0 unspecified atom stereocenters. The highest BCUT2D eigenvalue weighted by Crippen LogP contribution is 2.31. The molecule has 1 aromatic heterocycles. The Labute approximate surface area is 164 Å². The molecule has 0 spiro atoms. The van der Waals surface area contributed by atoms with E-state index in [9.17, 15) is 0 Å². The zero-order valence-corrected chi connectivity index (χ0v) is 17.1. The van der Waals surface area contributed by atoms with Gasteiger partial charge in [0.05, 0.1) is 0 Å². The van der Waals surface area contributed by atoms with Crippen molar-refractivity contribution in [3.63, 3.8) is 0 Å². The topological polar surface area (TPSA) is 57.1 Å². The standard InChI is InChI=1S/C21H22ClN3O2/c1-11-7-13(3)17(14(4)8-11)26-20-23-19(22)24-21(25-20)27-18-15(5)9-12(2)10-16(18)6/h7-10H,1-6H3. The minimum Gasteiger partial charge on any atom is -0.424 e. The SMILES string of the molecule is Cc1cc(C)c(Oc2nc(Cl)nc(Oc3c(C)cc(C)cc3C)n2)c(C)c1. The van der Waals surface area contributed by atoms with Gasteiger partial charge in [0.2, 0.25) is 5.28 Å². The lowest BCUT2D eigenvalue weighted by Crippen LogP contribution is -2.02. The molecule has 140 valence electrons. The van der Waals surface area contributed by atoms with E-state index in [1.54, 1.807) is 0 Å². The van der Waals surface area contributed by atoms with Gasteiger partial charge < -0.3 is 9.47 Å². The van der Waals surface area contributed by atoms with E-state index < -0.39 is 0 Å². The second kappa shape index (κ2) is 7.53. The van der Waals surface area contributed by atoms with Crippen molar-refractivity contribution in [3.8, 4) is 23.5 Å². The van der Waals surface area contributed by atoms with Gasteiger partial charge in [0, 0.05) is 0 Å². The maximum absolute atomic E-state index is 6.07. The first kappa shape index (κ1) is 19.1. The van der Waals surface area contributed by atoms with Gasteiger partial charge in [0.25, 0.3) is 0 Å². The highest BCUT2D eigenvalue weighted by molar-refractivity contribution is 6.28. The largest absolute Gasteiger partial charge is 0.424 e. The Balaban J connectivity index is 1.94. The number of nitrogens with zero attached hydrogens (tertiary/aromatic N) is 3. The van der Waals surface area contributed by atoms with Gasteiger partial charge in [-0.05, 0) is 75.4 Å². The van der Waals surface area contributed by atoms with Crippen molar-refractivity contribution in [2.75, 3.05) is 0 Å². The number of rotatable bonds is 4. The van der Waals surface area contributed by atoms with E-state index in [-0.39, 0.29) is 17.3 Å². The van der Waals surface area contributed by atoms with Crippen molar-refractivity contribution in [1.82, 2.24) is 15.0 Å². The normalized spacial score (nSPS) is 10.8. The summed E-state index contributed by atoms with van der Waals surface area (Å²) in [6, 6.07) is 8.37. The molecular formula is C21H22ClN3O2. The van der Waals surface area contributed by atoms with Crippen LogP contribution in [0.1, 0.15) is 33.4 Å². The molecule has 0 saturated carbocycles. The van der Waals surface area contributed by atoms with Crippen LogP contribution >= 0.6 is 11.6 Å². The lowest BCUT2D eigenvalue weighted by molar-refractivity contribution is 0.392. The second-order valence-corrected chi connectivity index (χ2v) is 7.17. The second-order valence-electron chi connectivity index (χ2n) is 6.83. The summed E-state index contributed by atoms with van der Waals surface area (Å²) in [4.78, 5) is 12.4. The fourth-order valence-electron chi connectivity index (χ4n) is 3.24. The fraction of sp³-hybridized carbons (Fsp3) is 0.286. The molecular weight excluding hydrogens is 362 g/mol. The third-order valence-corrected chi connectivity index (χ3v) is 4.33. The summed E-state index contributed by atoms with van der Waals surface area (Å²) < 4.78 is 11.8. The van der Waals surface area contributed by atoms with Gasteiger partial charge in [-0.3, -0.25) is 0 Å². The summed E-state index contributed by atoms with van der Waals surface area (Å²) in [6.07, 6.45) is 0. The Hall–Kier alpha value is -2.66. The van der Waals surface area contributed by atoms with Crippen molar-refractivity contribution in [2.24, 2.45) is 0 Å². The summed E-state index contributed by atoms with van der Waals surface area (Å²) in [5, 5.41) is 0.0137. The Morgan fingerprint density at radius 2 is 0.926 bits per heavy atom. The van der Waals surface area contributed by atoms with Crippen LogP contribution in [0.25, 0.3) is 0 Å². The van der Waals surface area contributed by atoms with Crippen molar-refractivity contribution >= 4 is 11.6 Å². The van der Waals surface area contributed by atoms with Crippen LogP contribution in [0, 0.1) is 41.5 Å². The number of ether oxygens (including phenoxy) is 2. The third-order valence-electron chi connectivity index (χ3n) is 4.16. The van der Waals surface area contributed by atoms with E-state index in [1.165, 1.54) is 11.1 Å². The monoisotopic (exact) mass is 383 g/mol. The maximum Gasteiger partial charge on any atom is 0.329 e. The highest BCUT2D eigenvalue weighted by atomic mass is 35.5. The molecule has 0 aliphatic heterocycles. The van der Waals surface area contributed by atoms with E-state index >= 15 is 0 Å². The molecule has 0 saturated heterocycles. The van der Waals surface area contributed by atoms with E-state index in [1.807, 2.05) is 65.8 Å². The Morgan fingerprint density at radius 3 is 1.26 bits per heavy atom. The zero-order chi connectivity index (χ0) is 19.7. The van der Waals surface area contributed by atoms with Crippen LogP contribution in [0.4, 0.5) is 0 Å². The van der Waals surface area contributed by atoms with Gasteiger partial charge in [-0.15, -0.1) is 4.98 Å². The average molecular weight is 384 g/mol. The lowest BCUT2D eigenvalue weighted by atomic mass is 10.1. The van der Waals surface area contributed by atoms with Crippen LogP contribution in [-0.2, 0) is 0 Å². The molecule has 1 heterocycles. The molecule has 2 aromatic carbocycles. The summed E-state index contributed by atoms with van der Waals surface area (Å²) >= 11 is 6.07. The molecule has 3 rings (SSSR count). The molecule has 5 nitrogen and oxygen atoms in total. The molecule has 0 amide bonds. The van der Waals surface area contributed by atoms with Crippen LogP contribution in [-0.4, -0.2) is 15.0 Å². The predicted molar refractivity (Wildman–Crippen MR) is 106 cm³/mol. The molecule has 0 atom stereocenters. The molecule has 0 aliphatic carbocycles. The number of aryl methyl sites for hydroxylation is 6. The van der Waals surface area contributed by atoms with Crippen LogP contribution in [0.5, 0.6) is 23.5 Å². The van der Waals surface area contributed by atoms with Crippen LogP contribution in [0.2, 0.25) is 5.28 Å². The molecule has 6 heteroatoms. The van der Waals surface area contributed by atoms with Crippen molar-refractivity contribution < 1.29 is 9.47 Å². The molecule has 3 aromatic rings. The summed E-state index contributed by atoms with van der Waals surface area (Å²) in [5.41, 5.74) is 6.32. The van der Waals surface area contributed by atoms with Crippen LogP contribution in [0.3, 0.4) is 0 Å². The summed E-state index contributed by atoms with van der Waals surface area (Å²) in [6.45, 7) is 12.0. The molecule has 0 aliphatic rings. The highest BCUT2D eigenvalue weighted by Gasteiger charge is 2.14. The van der Waals surface area contributed by atoms with Gasteiger partial charge >= 0.3 is 12.0 Å². The van der Waals surface area contributed by atoms with E-state index in [4.69, 9.17) is 21.1 Å². The number of halogens is 1. The van der Waals surface area contributed by atoms with Gasteiger partial charge in [0.15, 0.2) is 0 Å². The van der Waals surface area contributed by atoms with E-state index in [0.717, 1.165) is 22.3 Å². The first-order valence-electron chi connectivity index (χ1n) is 8.66. The fourth-order valence-corrected chi connectivity index (χ4v) is 3.39. The molecule has 0 fully saturated rings. The van der Waals surface area contributed by atoms with Gasteiger partial charge in [-0.25, -0.2) is 0 Å². The predicted octanol–water partition coefficient (Wildman–Crippen LogP) is 5.96. The van der Waals surface area contributed by atoms with Crippen molar-refractivity contribution in [2.45, 2.75) is 41.5 Å². The minimum atomic E-state index is 0.0137. The molecule has 0 radical (unpaired) electrons. The molecule has 0 bridgehead atoms. The minimum absolute atomic E-state index is 0.0137. The maximum atomic E-state index is 6.07. The van der Waals surface area contributed by atoms with E-state index in [0.29, 0.717) is 11.5 Å². The Bertz CT molecular complexity index is 895. The Kier molecular flexibility index (Phi) is 5.33. The van der Waals surface area contributed by atoms with Gasteiger partial charge in [0.1, 0.15) is 11.5 Å².